The van der Waals surface area contributed by atoms with Gasteiger partial charge in [-0.1, -0.05) is 0 Å². The molecule has 74 valence electrons. The Morgan fingerprint density at radius 1 is 1.00 bits per heavy atom. The first-order valence-electron chi connectivity index (χ1n) is 4.20. The van der Waals surface area contributed by atoms with E-state index >= 15 is 0 Å². The Labute approximate surface area is 76.0 Å². The van der Waals surface area contributed by atoms with E-state index in [4.69, 9.17) is 11.5 Å². The molecule has 1 aliphatic carbocycles. The van der Waals surface area contributed by atoms with Crippen molar-refractivity contribution in [2.45, 2.75) is 31.3 Å². The minimum Gasteiger partial charge on any atom is -0.352 e. The van der Waals surface area contributed by atoms with Gasteiger partial charge in [0.15, 0.2) is 0 Å². The quantitative estimate of drug-likeness (QED) is 0.454. The van der Waals surface area contributed by atoms with E-state index in [1.165, 1.54) is 0 Å². The normalized spacial score (nSPS) is 26.8. The Morgan fingerprint density at radius 3 is 1.69 bits per heavy atom. The number of amides is 4. The van der Waals surface area contributed by atoms with Gasteiger partial charge >= 0.3 is 12.1 Å². The summed E-state index contributed by atoms with van der Waals surface area (Å²) in [4.78, 5) is 21.0. The van der Waals surface area contributed by atoms with Gasteiger partial charge in [0.1, 0.15) is 0 Å². The average molecular weight is 186 g/mol. The maximum Gasteiger partial charge on any atom is 0.312 e. The van der Waals surface area contributed by atoms with Gasteiger partial charge in [0.2, 0.25) is 0 Å². The molecule has 0 radical (unpaired) electrons. The van der Waals surface area contributed by atoms with Crippen molar-refractivity contribution in [3.05, 3.63) is 0 Å². The zero-order valence-electron chi connectivity index (χ0n) is 7.25. The van der Waals surface area contributed by atoms with Crippen LogP contribution in [-0.2, 0) is 0 Å². The van der Waals surface area contributed by atoms with Crippen LogP contribution in [0.5, 0.6) is 0 Å². The van der Waals surface area contributed by atoms with Gasteiger partial charge in [0.05, 0.1) is 0 Å². The van der Waals surface area contributed by atoms with Crippen LogP contribution in [0.15, 0.2) is 0 Å². The van der Waals surface area contributed by atoms with Gasteiger partial charge in [-0.15, -0.1) is 0 Å². The van der Waals surface area contributed by atoms with Crippen LogP contribution >= 0.6 is 0 Å². The summed E-state index contributed by atoms with van der Waals surface area (Å²) in [5.74, 6) is 0. The molecule has 6 nitrogen and oxygen atoms in total. The molecule has 1 saturated carbocycles. The molecule has 0 unspecified atom stereocenters. The van der Waals surface area contributed by atoms with Gasteiger partial charge in [-0.05, 0) is 19.3 Å². The summed E-state index contributed by atoms with van der Waals surface area (Å²) < 4.78 is 0. The van der Waals surface area contributed by atoms with E-state index in [1.54, 1.807) is 0 Å². The third-order valence-electron chi connectivity index (χ3n) is 2.13. The molecule has 4 amide bonds. The third kappa shape index (κ3) is 3.18. The Kier molecular flexibility index (Phi) is 2.94. The molecule has 0 bridgehead atoms. The molecule has 0 aliphatic heterocycles. The van der Waals surface area contributed by atoms with Gasteiger partial charge in [0.25, 0.3) is 0 Å². The molecule has 0 aromatic rings. The smallest absolute Gasteiger partial charge is 0.312 e. The number of hydrogen-bond acceptors (Lipinski definition) is 2. The summed E-state index contributed by atoms with van der Waals surface area (Å²) in [6.07, 6.45) is 2.35. The lowest BCUT2D eigenvalue weighted by Gasteiger charge is -2.11. The lowest BCUT2D eigenvalue weighted by atomic mass is 10.2. The van der Waals surface area contributed by atoms with Crippen LogP contribution in [0.25, 0.3) is 0 Å². The zero-order chi connectivity index (χ0) is 9.84. The molecule has 13 heavy (non-hydrogen) atoms. The molecule has 0 heterocycles. The van der Waals surface area contributed by atoms with Crippen LogP contribution in [0, 0.1) is 0 Å². The van der Waals surface area contributed by atoms with Gasteiger partial charge in [-0.25, -0.2) is 9.59 Å². The topological polar surface area (TPSA) is 110 Å². The minimum absolute atomic E-state index is 0.0642. The summed E-state index contributed by atoms with van der Waals surface area (Å²) in [5.41, 5.74) is 9.91. The SMILES string of the molecule is NC(=O)N[C@@H]1CC[C@H](NC(N)=O)C1. The predicted octanol–water partition coefficient (Wildman–Crippen LogP) is -0.756. The number of rotatable bonds is 2. The Hall–Kier alpha value is -1.46. The summed E-state index contributed by atoms with van der Waals surface area (Å²) in [6.45, 7) is 0. The molecular weight excluding hydrogens is 172 g/mol. The zero-order valence-corrected chi connectivity index (χ0v) is 7.25. The molecule has 1 rings (SSSR count). The predicted molar refractivity (Wildman–Crippen MR) is 46.9 cm³/mol. The van der Waals surface area contributed by atoms with Gasteiger partial charge < -0.3 is 22.1 Å². The van der Waals surface area contributed by atoms with Crippen molar-refractivity contribution in [3.8, 4) is 0 Å². The maximum atomic E-state index is 10.5. The highest BCUT2D eigenvalue weighted by Crippen LogP contribution is 2.18. The van der Waals surface area contributed by atoms with E-state index in [-0.39, 0.29) is 12.1 Å². The van der Waals surface area contributed by atoms with Gasteiger partial charge in [0, 0.05) is 12.1 Å². The highest BCUT2D eigenvalue weighted by molar-refractivity contribution is 5.72. The molecule has 2 atom stereocenters. The monoisotopic (exact) mass is 186 g/mol. The second-order valence-electron chi connectivity index (χ2n) is 3.22. The van der Waals surface area contributed by atoms with Gasteiger partial charge in [-0.2, -0.15) is 0 Å². The van der Waals surface area contributed by atoms with E-state index in [1.807, 2.05) is 0 Å². The third-order valence-corrected chi connectivity index (χ3v) is 2.13. The van der Waals surface area contributed by atoms with Crippen molar-refractivity contribution >= 4 is 12.1 Å². The van der Waals surface area contributed by atoms with E-state index < -0.39 is 12.1 Å². The van der Waals surface area contributed by atoms with Crippen molar-refractivity contribution in [2.24, 2.45) is 11.5 Å². The number of nitrogens with two attached hydrogens (primary N) is 2. The van der Waals surface area contributed by atoms with Gasteiger partial charge in [-0.3, -0.25) is 0 Å². The van der Waals surface area contributed by atoms with Crippen LogP contribution in [0.4, 0.5) is 9.59 Å². The summed E-state index contributed by atoms with van der Waals surface area (Å²) in [5, 5.41) is 5.18. The highest BCUT2D eigenvalue weighted by Gasteiger charge is 2.25. The fourth-order valence-electron chi connectivity index (χ4n) is 1.65. The number of primary amides is 2. The maximum absolute atomic E-state index is 10.5. The molecule has 6 heteroatoms. The molecule has 1 fully saturated rings. The summed E-state index contributed by atoms with van der Waals surface area (Å²) in [6, 6.07) is -0.918. The number of carbonyl (C=O) groups is 2. The van der Waals surface area contributed by atoms with Crippen molar-refractivity contribution in [2.75, 3.05) is 0 Å². The lowest BCUT2D eigenvalue weighted by Crippen LogP contribution is -2.40. The molecule has 0 aromatic heterocycles. The van der Waals surface area contributed by atoms with Crippen molar-refractivity contribution in [3.63, 3.8) is 0 Å². The standard InChI is InChI=1S/C7H14N4O2/c8-6(12)10-4-1-2-5(3-4)11-7(9)13/h4-5H,1-3H2,(H3,8,10,12)(H3,9,11,13)/t4-,5+. The molecule has 0 aromatic carbocycles. The molecule has 0 saturated heterocycles. The van der Waals surface area contributed by atoms with Crippen molar-refractivity contribution in [1.82, 2.24) is 10.6 Å². The van der Waals surface area contributed by atoms with Crippen LogP contribution in [0.2, 0.25) is 0 Å². The first kappa shape index (κ1) is 9.63. The first-order chi connectivity index (χ1) is 6.08. The minimum atomic E-state index is -0.523. The van der Waals surface area contributed by atoms with Crippen molar-refractivity contribution in [1.29, 1.82) is 0 Å². The summed E-state index contributed by atoms with van der Waals surface area (Å²) in [7, 11) is 0. The number of urea groups is 2. The molecule has 0 spiro atoms. The van der Waals surface area contributed by atoms with E-state index in [0.29, 0.717) is 6.42 Å². The van der Waals surface area contributed by atoms with Crippen LogP contribution < -0.4 is 22.1 Å². The van der Waals surface area contributed by atoms with E-state index in [0.717, 1.165) is 12.8 Å². The van der Waals surface area contributed by atoms with Crippen LogP contribution in [-0.4, -0.2) is 24.1 Å². The molecule has 1 aliphatic rings. The number of nitrogens with one attached hydrogen (secondary N) is 2. The summed E-state index contributed by atoms with van der Waals surface area (Å²) >= 11 is 0. The van der Waals surface area contributed by atoms with Crippen LogP contribution in [0.1, 0.15) is 19.3 Å². The second kappa shape index (κ2) is 3.97. The Balaban J connectivity index is 2.27. The largest absolute Gasteiger partial charge is 0.352 e. The van der Waals surface area contributed by atoms with E-state index in [9.17, 15) is 9.59 Å². The Bertz CT molecular complexity index is 197. The second-order valence-corrected chi connectivity index (χ2v) is 3.22. The molecular formula is C7H14N4O2. The highest BCUT2D eigenvalue weighted by atomic mass is 16.2. The van der Waals surface area contributed by atoms with Crippen LogP contribution in [0.3, 0.4) is 0 Å². The fraction of sp³-hybridized carbons (Fsp3) is 0.714. The number of hydrogen-bond donors (Lipinski definition) is 4. The Morgan fingerprint density at radius 2 is 1.38 bits per heavy atom. The number of carbonyl (C=O) groups excluding carboxylic acids is 2. The van der Waals surface area contributed by atoms with E-state index in [2.05, 4.69) is 10.6 Å². The molecule has 6 N–H and O–H groups in total. The average Bonchev–Trinajstić information content (AvgIpc) is 2.33. The first-order valence-corrected chi connectivity index (χ1v) is 4.20. The fourth-order valence-corrected chi connectivity index (χ4v) is 1.65. The lowest BCUT2D eigenvalue weighted by molar-refractivity contribution is 0.244. The van der Waals surface area contributed by atoms with Crippen molar-refractivity contribution < 1.29 is 9.59 Å².